The van der Waals surface area contributed by atoms with Gasteiger partial charge in [0, 0.05) is 17.7 Å². The van der Waals surface area contributed by atoms with E-state index in [4.69, 9.17) is 32.2 Å². The second kappa shape index (κ2) is 13.6. The van der Waals surface area contributed by atoms with Crippen LogP contribution in [0.2, 0.25) is 5.02 Å². The minimum atomic E-state index is -1.46. The maximum atomic E-state index is 13.3. The van der Waals surface area contributed by atoms with Crippen LogP contribution in [0.4, 0.5) is 17.6 Å². The van der Waals surface area contributed by atoms with Crippen LogP contribution >= 0.6 is 11.6 Å². The van der Waals surface area contributed by atoms with Gasteiger partial charge in [-0.15, -0.1) is 0 Å². The monoisotopic (exact) mass is 512 g/mol. The second-order valence-electron chi connectivity index (χ2n) is 6.70. The van der Waals surface area contributed by atoms with Crippen LogP contribution in [0.3, 0.4) is 0 Å². The number of halogens is 5. The van der Waals surface area contributed by atoms with Gasteiger partial charge in [-0.3, -0.25) is 0 Å². The summed E-state index contributed by atoms with van der Waals surface area (Å²) in [6.45, 7) is 0. The van der Waals surface area contributed by atoms with E-state index in [-0.39, 0.29) is 10.6 Å². The molecule has 0 saturated heterocycles. The van der Waals surface area contributed by atoms with Crippen LogP contribution in [-0.4, -0.2) is 27.1 Å². The van der Waals surface area contributed by atoms with E-state index in [0.29, 0.717) is 22.2 Å². The van der Waals surface area contributed by atoms with Crippen molar-refractivity contribution in [2.45, 2.75) is 0 Å². The van der Waals surface area contributed by atoms with E-state index in [0.717, 1.165) is 24.5 Å². The minimum Gasteiger partial charge on any atom is -0.423 e. The van der Waals surface area contributed by atoms with E-state index in [1.807, 2.05) is 12.1 Å². The van der Waals surface area contributed by atoms with E-state index in [2.05, 4.69) is 9.97 Å². The fourth-order valence-corrected chi connectivity index (χ4v) is 2.62. The molecule has 6 nitrogen and oxygen atoms in total. The summed E-state index contributed by atoms with van der Waals surface area (Å²) in [6, 6.07) is 18.0. The van der Waals surface area contributed by atoms with Gasteiger partial charge in [-0.1, -0.05) is 35.9 Å². The first kappa shape index (κ1) is 28.0. The molecule has 2 aromatic carbocycles. The second-order valence-corrected chi connectivity index (χ2v) is 7.11. The first-order chi connectivity index (χ1) is 17.1. The lowest BCUT2D eigenvalue weighted by atomic mass is 9.80. The fourth-order valence-electron chi connectivity index (χ4n) is 2.48. The van der Waals surface area contributed by atoms with Gasteiger partial charge in [-0.05, 0) is 35.3 Å². The number of nitriles is 2. The smallest absolute Gasteiger partial charge is 0.423 e. The molecule has 2 heterocycles. The summed E-state index contributed by atoms with van der Waals surface area (Å²) in [6.07, 6.45) is 1.57. The highest BCUT2D eigenvalue weighted by molar-refractivity contribution is 6.58. The number of nitrogens with zero attached hydrogens (tertiary/aromatic N) is 4. The molecule has 0 unspecified atom stereocenters. The maximum absolute atomic E-state index is 13.3. The Balaban J connectivity index is 0.000000200. The molecule has 0 atom stereocenters. The average molecular weight is 513 g/mol. The highest BCUT2D eigenvalue weighted by Crippen LogP contribution is 2.22. The molecule has 0 saturated carbocycles. The van der Waals surface area contributed by atoms with Crippen molar-refractivity contribution in [3.8, 4) is 23.3 Å². The lowest BCUT2D eigenvalue weighted by molar-refractivity contribution is 0.426. The number of hydrogen-bond acceptors (Lipinski definition) is 6. The summed E-state index contributed by atoms with van der Waals surface area (Å²) >= 11 is 5.16. The van der Waals surface area contributed by atoms with Gasteiger partial charge in [0.15, 0.2) is 5.82 Å². The van der Waals surface area contributed by atoms with Crippen molar-refractivity contribution in [3.63, 3.8) is 0 Å². The van der Waals surface area contributed by atoms with Crippen molar-refractivity contribution in [2.24, 2.45) is 0 Å². The summed E-state index contributed by atoms with van der Waals surface area (Å²) in [5.41, 5.74) is 2.02. The quantitative estimate of drug-likeness (QED) is 0.237. The standard InChI is InChI=1S/C12H6F2N2.C7H6BNO2.C5H2ClF2N/c13-11-7-16-12(14)5-10(11)9-3-1-8(6-15)2-4-9;9-5-6-1-3-7(4-2-6)8(10)11;6-3-1-5(8)9-2-4(3)7/h1-5,7H;1-4,10-11H;1-2H. The van der Waals surface area contributed by atoms with Gasteiger partial charge in [0.2, 0.25) is 11.9 Å². The van der Waals surface area contributed by atoms with Gasteiger partial charge in [-0.2, -0.15) is 19.3 Å². The van der Waals surface area contributed by atoms with Crippen molar-refractivity contribution in [2.75, 3.05) is 0 Å². The molecule has 0 radical (unpaired) electrons. The normalized spacial score (nSPS) is 9.47. The highest BCUT2D eigenvalue weighted by atomic mass is 35.5. The molecule has 180 valence electrons. The minimum absolute atomic E-state index is 0.136. The zero-order valence-corrected chi connectivity index (χ0v) is 18.8. The molecule has 4 aromatic rings. The van der Waals surface area contributed by atoms with Crippen molar-refractivity contribution < 1.29 is 27.6 Å². The molecule has 36 heavy (non-hydrogen) atoms. The SMILES string of the molecule is Fc1cc(Cl)c(F)cn1.N#Cc1ccc(-c2cc(F)ncc2F)cc1.N#Cc1ccc(B(O)O)cc1. The van der Waals surface area contributed by atoms with Gasteiger partial charge in [0.1, 0.15) is 5.82 Å². The Labute approximate surface area is 208 Å². The molecule has 2 aromatic heterocycles. The van der Waals surface area contributed by atoms with E-state index >= 15 is 0 Å². The third kappa shape index (κ3) is 8.49. The van der Waals surface area contributed by atoms with Gasteiger partial charge < -0.3 is 10.0 Å². The van der Waals surface area contributed by atoms with Crippen LogP contribution in [0.5, 0.6) is 0 Å². The molecule has 0 fully saturated rings. The predicted molar refractivity (Wildman–Crippen MR) is 124 cm³/mol. The molecule has 2 N–H and O–H groups in total. The lowest BCUT2D eigenvalue weighted by Gasteiger charge is -2.02. The maximum Gasteiger partial charge on any atom is 0.488 e. The highest BCUT2D eigenvalue weighted by Gasteiger charge is 2.09. The van der Waals surface area contributed by atoms with Gasteiger partial charge in [0.25, 0.3) is 0 Å². The fraction of sp³-hybridized carbons (Fsp3) is 0. The summed E-state index contributed by atoms with van der Waals surface area (Å²) < 4.78 is 50.3. The van der Waals surface area contributed by atoms with Crippen LogP contribution in [-0.2, 0) is 0 Å². The lowest BCUT2D eigenvalue weighted by Crippen LogP contribution is -2.29. The molecule has 0 aliphatic heterocycles. The molecular formula is C24H14BClF4N4O2. The summed E-state index contributed by atoms with van der Waals surface area (Å²) in [5.74, 6) is -2.81. The molecule has 0 amide bonds. The average Bonchev–Trinajstić information content (AvgIpc) is 2.88. The van der Waals surface area contributed by atoms with Crippen molar-refractivity contribution in [3.05, 3.63) is 113 Å². The molecule has 12 heteroatoms. The van der Waals surface area contributed by atoms with Crippen LogP contribution < -0.4 is 5.46 Å². The molecule has 0 spiro atoms. The Bertz CT molecular complexity index is 1390. The molecule has 0 aliphatic carbocycles. The third-order valence-electron chi connectivity index (χ3n) is 4.26. The third-order valence-corrected chi connectivity index (χ3v) is 4.55. The van der Waals surface area contributed by atoms with Crippen LogP contribution in [0.1, 0.15) is 11.1 Å². The first-order valence-corrected chi connectivity index (χ1v) is 10.2. The van der Waals surface area contributed by atoms with Crippen molar-refractivity contribution in [1.82, 2.24) is 9.97 Å². The molecule has 4 rings (SSSR count). The summed E-state index contributed by atoms with van der Waals surface area (Å²) in [5, 5.41) is 34.1. The van der Waals surface area contributed by atoms with E-state index in [1.165, 1.54) is 24.3 Å². The molecular weight excluding hydrogens is 499 g/mol. The van der Waals surface area contributed by atoms with E-state index in [1.54, 1.807) is 24.3 Å². The van der Waals surface area contributed by atoms with E-state index in [9.17, 15) is 17.6 Å². The Morgan fingerprint density at radius 1 is 0.722 bits per heavy atom. The largest absolute Gasteiger partial charge is 0.488 e. The molecule has 0 aliphatic rings. The Kier molecular flexibility index (Phi) is 10.5. The predicted octanol–water partition coefficient (Wildman–Crippen LogP) is 4.15. The van der Waals surface area contributed by atoms with E-state index < -0.39 is 30.6 Å². The zero-order chi connectivity index (χ0) is 26.7. The Morgan fingerprint density at radius 2 is 1.19 bits per heavy atom. The Hall–Kier alpha value is -4.29. The van der Waals surface area contributed by atoms with Crippen LogP contribution in [0.15, 0.2) is 73.1 Å². The van der Waals surface area contributed by atoms with Crippen LogP contribution in [0, 0.1) is 46.2 Å². The van der Waals surface area contributed by atoms with Crippen molar-refractivity contribution >= 4 is 24.2 Å². The number of hydrogen-bond donors (Lipinski definition) is 2. The van der Waals surface area contributed by atoms with Gasteiger partial charge >= 0.3 is 7.12 Å². The van der Waals surface area contributed by atoms with Crippen molar-refractivity contribution in [1.29, 1.82) is 10.5 Å². The Morgan fingerprint density at radius 3 is 1.64 bits per heavy atom. The van der Waals surface area contributed by atoms with Crippen LogP contribution in [0.25, 0.3) is 11.1 Å². The number of aromatic nitrogens is 2. The topological polar surface area (TPSA) is 114 Å². The summed E-state index contributed by atoms with van der Waals surface area (Å²) in [4.78, 5) is 6.22. The van der Waals surface area contributed by atoms with Gasteiger partial charge in [-0.25, -0.2) is 18.7 Å². The number of pyridine rings is 2. The number of rotatable bonds is 2. The number of benzene rings is 2. The first-order valence-electron chi connectivity index (χ1n) is 9.79. The summed E-state index contributed by atoms with van der Waals surface area (Å²) in [7, 11) is -1.46. The van der Waals surface area contributed by atoms with Gasteiger partial charge in [0.05, 0.1) is 40.7 Å². The zero-order valence-electron chi connectivity index (χ0n) is 18.1. The molecule has 0 bridgehead atoms.